The summed E-state index contributed by atoms with van der Waals surface area (Å²) in [6.07, 6.45) is 3.43. The van der Waals surface area contributed by atoms with Gasteiger partial charge in [0.05, 0.1) is 19.9 Å². The van der Waals surface area contributed by atoms with Crippen LogP contribution in [0.15, 0.2) is 17.1 Å². The molecule has 2 unspecified atom stereocenters. The first-order valence-corrected chi connectivity index (χ1v) is 6.48. The van der Waals surface area contributed by atoms with Gasteiger partial charge < -0.3 is 14.6 Å². The molecule has 1 N–H and O–H groups in total. The number of methoxy groups -OCH3 is 2. The van der Waals surface area contributed by atoms with E-state index >= 15 is 0 Å². The zero-order chi connectivity index (χ0) is 13.4. The van der Waals surface area contributed by atoms with Crippen LogP contribution >= 0.6 is 0 Å². The van der Waals surface area contributed by atoms with Crippen molar-refractivity contribution in [3.05, 3.63) is 17.7 Å². The Labute approximate surface area is 112 Å². The molecule has 1 aromatic rings. The van der Waals surface area contributed by atoms with E-state index < -0.39 is 6.23 Å². The van der Waals surface area contributed by atoms with Gasteiger partial charge in [0.25, 0.3) is 0 Å². The molecule has 102 valence electrons. The molecule has 2 atom stereocenters. The fraction of sp³-hybridized carbons (Fsp3) is 0.500. The number of aliphatic hydroxyl groups is 1. The van der Waals surface area contributed by atoms with E-state index in [-0.39, 0.29) is 6.04 Å². The van der Waals surface area contributed by atoms with Crippen LogP contribution in [0.1, 0.15) is 24.6 Å². The second kappa shape index (κ2) is 4.83. The number of hydrogen-bond donors (Lipinski definition) is 1. The lowest BCUT2D eigenvalue weighted by atomic mass is 10.1. The normalized spacial score (nSPS) is 25.6. The Morgan fingerprint density at radius 2 is 2.00 bits per heavy atom. The lowest BCUT2D eigenvalue weighted by Crippen LogP contribution is -2.33. The van der Waals surface area contributed by atoms with Crippen LogP contribution < -0.4 is 9.47 Å². The van der Waals surface area contributed by atoms with E-state index in [1.165, 1.54) is 0 Å². The van der Waals surface area contributed by atoms with Crippen LogP contribution in [-0.2, 0) is 0 Å². The van der Waals surface area contributed by atoms with Crippen LogP contribution in [0, 0.1) is 0 Å². The Balaban J connectivity index is 2.09. The van der Waals surface area contributed by atoms with Gasteiger partial charge in [-0.3, -0.25) is 9.89 Å². The Morgan fingerprint density at radius 3 is 2.74 bits per heavy atom. The molecule has 2 aliphatic rings. The third-order valence-corrected chi connectivity index (χ3v) is 3.85. The maximum Gasteiger partial charge on any atom is 0.162 e. The molecule has 2 heterocycles. The van der Waals surface area contributed by atoms with Crippen molar-refractivity contribution < 1.29 is 14.6 Å². The van der Waals surface area contributed by atoms with E-state index in [2.05, 4.69) is 9.89 Å². The number of ether oxygens (including phenoxy) is 2. The minimum atomic E-state index is -0.634. The molecular formula is C14H18N2O3. The van der Waals surface area contributed by atoms with Crippen LogP contribution in [0.25, 0.3) is 0 Å². The van der Waals surface area contributed by atoms with Gasteiger partial charge in [-0.25, -0.2) is 0 Å². The highest BCUT2D eigenvalue weighted by Crippen LogP contribution is 2.41. The average molecular weight is 262 g/mol. The van der Waals surface area contributed by atoms with Gasteiger partial charge in [-0.2, -0.15) is 0 Å². The third-order valence-electron chi connectivity index (χ3n) is 3.85. The first-order chi connectivity index (χ1) is 9.24. The van der Waals surface area contributed by atoms with Gasteiger partial charge >= 0.3 is 0 Å². The zero-order valence-electron chi connectivity index (χ0n) is 11.2. The minimum absolute atomic E-state index is 0.222. The predicted molar refractivity (Wildman–Crippen MR) is 72.4 cm³/mol. The molecule has 0 amide bonds. The molecule has 0 saturated carbocycles. The molecular weight excluding hydrogens is 244 g/mol. The van der Waals surface area contributed by atoms with Crippen LogP contribution in [0.4, 0.5) is 5.69 Å². The number of nitrogens with zero attached hydrogens (tertiary/aromatic N) is 2. The Kier molecular flexibility index (Phi) is 3.16. The van der Waals surface area contributed by atoms with Gasteiger partial charge in [-0.15, -0.1) is 0 Å². The van der Waals surface area contributed by atoms with Gasteiger partial charge in [0.15, 0.2) is 11.5 Å². The maximum absolute atomic E-state index is 10.5. The van der Waals surface area contributed by atoms with Gasteiger partial charge in [0.1, 0.15) is 6.23 Å². The van der Waals surface area contributed by atoms with E-state index in [9.17, 15) is 5.11 Å². The Morgan fingerprint density at radius 1 is 1.26 bits per heavy atom. The summed E-state index contributed by atoms with van der Waals surface area (Å²) in [6.45, 7) is 0.894. The smallest absolute Gasteiger partial charge is 0.162 e. The molecule has 3 rings (SSSR count). The topological polar surface area (TPSA) is 54.3 Å². The minimum Gasteiger partial charge on any atom is -0.493 e. The van der Waals surface area contributed by atoms with Crippen LogP contribution in [0.3, 0.4) is 0 Å². The summed E-state index contributed by atoms with van der Waals surface area (Å²) in [6, 6.07) is 3.85. The largest absolute Gasteiger partial charge is 0.493 e. The van der Waals surface area contributed by atoms with Gasteiger partial charge in [-0.05, 0) is 18.9 Å². The van der Waals surface area contributed by atoms with Gasteiger partial charge in [-0.1, -0.05) is 0 Å². The maximum atomic E-state index is 10.5. The molecule has 0 aromatic heterocycles. The van der Waals surface area contributed by atoms with Crippen LogP contribution in [0.5, 0.6) is 11.5 Å². The SMILES string of the molecule is COc1cc2c(cc1OC)C(O)N1CCCC1C=N2. The molecule has 0 aliphatic carbocycles. The van der Waals surface area contributed by atoms with E-state index in [0.29, 0.717) is 11.5 Å². The molecule has 1 fully saturated rings. The van der Waals surface area contributed by atoms with Crippen molar-refractivity contribution in [2.24, 2.45) is 4.99 Å². The fourth-order valence-corrected chi connectivity index (χ4v) is 2.83. The monoisotopic (exact) mass is 262 g/mol. The average Bonchev–Trinajstić information content (AvgIpc) is 2.87. The molecule has 1 saturated heterocycles. The van der Waals surface area contributed by atoms with Crippen LogP contribution in [0.2, 0.25) is 0 Å². The summed E-state index contributed by atoms with van der Waals surface area (Å²) in [5.41, 5.74) is 1.53. The highest BCUT2D eigenvalue weighted by atomic mass is 16.5. The molecule has 5 heteroatoms. The molecule has 0 spiro atoms. The lowest BCUT2D eigenvalue weighted by molar-refractivity contribution is 0.00963. The molecule has 0 bridgehead atoms. The summed E-state index contributed by atoms with van der Waals surface area (Å²) in [5, 5.41) is 10.5. The molecule has 2 aliphatic heterocycles. The van der Waals surface area contributed by atoms with Crippen molar-refractivity contribution >= 4 is 11.9 Å². The number of aliphatic hydroxyl groups excluding tert-OH is 1. The van der Waals surface area contributed by atoms with Crippen molar-refractivity contribution in [2.45, 2.75) is 25.1 Å². The second-order valence-corrected chi connectivity index (χ2v) is 4.87. The fourth-order valence-electron chi connectivity index (χ4n) is 2.83. The Bertz CT molecular complexity index is 516. The summed E-state index contributed by atoms with van der Waals surface area (Å²) >= 11 is 0. The van der Waals surface area contributed by atoms with E-state index in [1.54, 1.807) is 14.2 Å². The zero-order valence-corrected chi connectivity index (χ0v) is 11.2. The standard InChI is InChI=1S/C14H18N2O3/c1-18-12-6-10-11(7-13(12)19-2)15-8-9-4-3-5-16(9)14(10)17/h6-9,14,17H,3-5H2,1-2H3. The summed E-state index contributed by atoms with van der Waals surface area (Å²) in [5.74, 6) is 1.25. The predicted octanol–water partition coefficient (Wildman–Crippen LogP) is 1.87. The number of aliphatic imine (C=N–C) groups is 1. The van der Waals surface area contributed by atoms with Crippen molar-refractivity contribution in [3.8, 4) is 11.5 Å². The summed E-state index contributed by atoms with van der Waals surface area (Å²) in [4.78, 5) is 6.57. The van der Waals surface area contributed by atoms with E-state index in [4.69, 9.17) is 9.47 Å². The van der Waals surface area contributed by atoms with Crippen molar-refractivity contribution in [1.82, 2.24) is 4.90 Å². The Hall–Kier alpha value is -1.59. The number of rotatable bonds is 2. The van der Waals surface area contributed by atoms with Crippen molar-refractivity contribution in [2.75, 3.05) is 20.8 Å². The number of hydrogen-bond acceptors (Lipinski definition) is 5. The van der Waals surface area contributed by atoms with Crippen LogP contribution in [-0.4, -0.2) is 43.0 Å². The highest BCUT2D eigenvalue weighted by molar-refractivity contribution is 5.73. The first-order valence-electron chi connectivity index (χ1n) is 6.48. The lowest BCUT2D eigenvalue weighted by Gasteiger charge is -2.26. The molecule has 1 aromatic carbocycles. The third kappa shape index (κ3) is 1.99. The number of fused-ring (bicyclic) bond motifs is 2. The highest BCUT2D eigenvalue weighted by Gasteiger charge is 2.33. The summed E-state index contributed by atoms with van der Waals surface area (Å²) in [7, 11) is 3.19. The second-order valence-electron chi connectivity index (χ2n) is 4.87. The van der Waals surface area contributed by atoms with Gasteiger partial charge in [0, 0.05) is 30.4 Å². The van der Waals surface area contributed by atoms with E-state index in [0.717, 1.165) is 30.6 Å². The molecule has 5 nitrogen and oxygen atoms in total. The first kappa shape index (κ1) is 12.4. The van der Waals surface area contributed by atoms with Gasteiger partial charge in [0.2, 0.25) is 0 Å². The number of benzene rings is 1. The van der Waals surface area contributed by atoms with Crippen molar-refractivity contribution in [1.29, 1.82) is 0 Å². The van der Waals surface area contributed by atoms with Crippen molar-refractivity contribution in [3.63, 3.8) is 0 Å². The molecule has 0 radical (unpaired) electrons. The van der Waals surface area contributed by atoms with E-state index in [1.807, 2.05) is 18.3 Å². The summed E-state index contributed by atoms with van der Waals surface area (Å²) < 4.78 is 10.6. The quantitative estimate of drug-likeness (QED) is 0.884. The molecule has 19 heavy (non-hydrogen) atoms.